The first-order chi connectivity index (χ1) is 13.1. The third-order valence-corrected chi connectivity index (χ3v) is 5.12. The molecule has 146 valence electrons. The van der Waals surface area contributed by atoms with E-state index in [1.807, 2.05) is 25.1 Å². The highest BCUT2D eigenvalue weighted by atomic mass is 19.1. The van der Waals surface area contributed by atoms with Crippen LogP contribution >= 0.6 is 0 Å². The van der Waals surface area contributed by atoms with Crippen molar-refractivity contribution in [2.45, 2.75) is 32.5 Å². The maximum absolute atomic E-state index is 14.3. The van der Waals surface area contributed by atoms with E-state index in [0.717, 1.165) is 37.6 Å². The first-order valence-electron chi connectivity index (χ1n) is 9.41. The van der Waals surface area contributed by atoms with Gasteiger partial charge in [-0.05, 0) is 31.5 Å². The van der Waals surface area contributed by atoms with Gasteiger partial charge in [-0.2, -0.15) is 0 Å². The molecule has 2 aromatic rings. The zero-order valence-electron chi connectivity index (χ0n) is 16.1. The third-order valence-electron chi connectivity index (χ3n) is 5.12. The Morgan fingerprint density at radius 2 is 2.07 bits per heavy atom. The molecule has 1 atom stereocenters. The number of nitrogens with zero attached hydrogens (tertiary/aromatic N) is 3. The molecule has 1 fully saturated rings. The van der Waals surface area contributed by atoms with Gasteiger partial charge >= 0.3 is 0 Å². The van der Waals surface area contributed by atoms with Gasteiger partial charge in [0.2, 0.25) is 0 Å². The average Bonchev–Trinajstić information content (AvgIpc) is 2.65. The van der Waals surface area contributed by atoms with Crippen LogP contribution in [-0.2, 0) is 13.1 Å². The minimum atomic E-state index is -0.247. The fourth-order valence-electron chi connectivity index (χ4n) is 3.65. The molecule has 1 aromatic carbocycles. The number of ether oxygens (including phenoxy) is 1. The number of methoxy groups -OCH3 is 1. The topological polar surface area (TPSA) is 48.8 Å². The molecular formula is C21H28FN3O2. The highest BCUT2D eigenvalue weighted by molar-refractivity contribution is 5.29. The van der Waals surface area contributed by atoms with E-state index in [-0.39, 0.29) is 18.5 Å². The van der Waals surface area contributed by atoms with E-state index in [9.17, 15) is 9.50 Å². The first-order valence-corrected chi connectivity index (χ1v) is 9.41. The van der Waals surface area contributed by atoms with Crippen LogP contribution in [0.5, 0.6) is 5.75 Å². The van der Waals surface area contributed by atoms with E-state index in [1.165, 1.54) is 13.2 Å². The number of halogens is 1. The van der Waals surface area contributed by atoms with Gasteiger partial charge in [-0.15, -0.1) is 0 Å². The molecule has 0 aliphatic carbocycles. The van der Waals surface area contributed by atoms with Gasteiger partial charge in [0.15, 0.2) is 0 Å². The van der Waals surface area contributed by atoms with Crippen LogP contribution in [0.15, 0.2) is 36.4 Å². The number of aliphatic hydroxyl groups is 1. The Morgan fingerprint density at radius 1 is 1.22 bits per heavy atom. The van der Waals surface area contributed by atoms with Crippen LogP contribution in [0, 0.1) is 12.7 Å². The molecule has 0 radical (unpaired) electrons. The van der Waals surface area contributed by atoms with Gasteiger partial charge in [0.05, 0.1) is 12.8 Å². The van der Waals surface area contributed by atoms with Crippen LogP contribution in [0.1, 0.15) is 23.4 Å². The second kappa shape index (κ2) is 9.26. The average molecular weight is 373 g/mol. The highest BCUT2D eigenvalue weighted by Gasteiger charge is 2.27. The van der Waals surface area contributed by atoms with Gasteiger partial charge in [-0.3, -0.25) is 14.8 Å². The number of hydrogen-bond donors (Lipinski definition) is 1. The standard InChI is InChI=1S/C21H28FN3O2/c1-16-4-3-5-18(23-16)14-24-9-10-25(19(15-24)8-11-26)13-17-6-7-20(27-2)12-21(17)22/h3-7,12,19,26H,8-11,13-15H2,1-2H3/t19-/m1/s1. The molecule has 0 bridgehead atoms. The minimum Gasteiger partial charge on any atom is -0.497 e. The van der Waals surface area contributed by atoms with Gasteiger partial charge in [-0.1, -0.05) is 12.1 Å². The van der Waals surface area contributed by atoms with E-state index < -0.39 is 0 Å². The largest absolute Gasteiger partial charge is 0.497 e. The molecule has 1 saturated heterocycles. The number of pyridine rings is 1. The summed E-state index contributed by atoms with van der Waals surface area (Å²) in [6.07, 6.45) is 0.676. The van der Waals surface area contributed by atoms with Crippen LogP contribution in [-0.4, -0.2) is 59.3 Å². The van der Waals surface area contributed by atoms with Crippen molar-refractivity contribution >= 4 is 0 Å². The Morgan fingerprint density at radius 3 is 2.78 bits per heavy atom. The Balaban J connectivity index is 1.65. The smallest absolute Gasteiger partial charge is 0.131 e. The summed E-state index contributed by atoms with van der Waals surface area (Å²) in [4.78, 5) is 9.22. The maximum Gasteiger partial charge on any atom is 0.131 e. The monoisotopic (exact) mass is 373 g/mol. The van der Waals surface area contributed by atoms with Crippen molar-refractivity contribution in [3.05, 3.63) is 59.2 Å². The lowest BCUT2D eigenvalue weighted by molar-refractivity contribution is 0.0487. The molecular weight excluding hydrogens is 345 g/mol. The zero-order valence-corrected chi connectivity index (χ0v) is 16.1. The van der Waals surface area contributed by atoms with Crippen molar-refractivity contribution in [2.24, 2.45) is 0 Å². The van der Waals surface area contributed by atoms with Crippen LogP contribution < -0.4 is 4.74 Å². The predicted molar refractivity (Wildman–Crippen MR) is 103 cm³/mol. The second-order valence-corrected chi connectivity index (χ2v) is 7.10. The number of benzene rings is 1. The molecule has 0 saturated carbocycles. The summed E-state index contributed by atoms with van der Waals surface area (Å²) in [5, 5.41) is 9.49. The Hall–Kier alpha value is -2.02. The number of rotatable bonds is 7. The molecule has 1 aromatic heterocycles. The molecule has 5 nitrogen and oxygen atoms in total. The quantitative estimate of drug-likeness (QED) is 0.809. The molecule has 1 aliphatic rings. The number of piperazine rings is 1. The maximum atomic E-state index is 14.3. The van der Waals surface area contributed by atoms with E-state index in [0.29, 0.717) is 24.3 Å². The fourth-order valence-corrected chi connectivity index (χ4v) is 3.65. The van der Waals surface area contributed by atoms with Crippen LogP contribution in [0.3, 0.4) is 0 Å². The molecule has 2 heterocycles. The molecule has 27 heavy (non-hydrogen) atoms. The van der Waals surface area contributed by atoms with Crippen molar-refractivity contribution < 1.29 is 14.2 Å². The van der Waals surface area contributed by atoms with Crippen molar-refractivity contribution in [3.63, 3.8) is 0 Å². The molecule has 1 N–H and O–H groups in total. The first kappa shape index (κ1) is 19.7. The Kier molecular flexibility index (Phi) is 6.77. The van der Waals surface area contributed by atoms with Crippen molar-refractivity contribution in [1.82, 2.24) is 14.8 Å². The van der Waals surface area contributed by atoms with Gasteiger partial charge < -0.3 is 9.84 Å². The Bertz CT molecular complexity index is 756. The van der Waals surface area contributed by atoms with E-state index in [4.69, 9.17) is 4.74 Å². The number of hydrogen-bond acceptors (Lipinski definition) is 5. The number of aromatic nitrogens is 1. The van der Waals surface area contributed by atoms with E-state index >= 15 is 0 Å². The van der Waals surface area contributed by atoms with E-state index in [1.54, 1.807) is 12.1 Å². The summed E-state index contributed by atoms with van der Waals surface area (Å²) in [6.45, 7) is 6.04. The van der Waals surface area contributed by atoms with Crippen LogP contribution in [0.4, 0.5) is 4.39 Å². The van der Waals surface area contributed by atoms with Crippen molar-refractivity contribution in [3.8, 4) is 5.75 Å². The van der Waals surface area contributed by atoms with Crippen LogP contribution in [0.2, 0.25) is 0 Å². The normalized spacial score (nSPS) is 18.6. The molecule has 6 heteroatoms. The van der Waals surface area contributed by atoms with Gasteiger partial charge in [-0.25, -0.2) is 4.39 Å². The third kappa shape index (κ3) is 5.25. The lowest BCUT2D eigenvalue weighted by Gasteiger charge is -2.41. The summed E-state index contributed by atoms with van der Waals surface area (Å²) in [7, 11) is 1.54. The summed E-state index contributed by atoms with van der Waals surface area (Å²) in [5.74, 6) is 0.280. The van der Waals surface area contributed by atoms with Crippen LogP contribution in [0.25, 0.3) is 0 Å². The van der Waals surface area contributed by atoms with Crippen molar-refractivity contribution in [1.29, 1.82) is 0 Å². The molecule has 3 rings (SSSR count). The summed E-state index contributed by atoms with van der Waals surface area (Å²) in [5.41, 5.74) is 2.74. The van der Waals surface area contributed by atoms with Gasteiger partial charge in [0, 0.05) is 62.7 Å². The molecule has 0 spiro atoms. The lowest BCUT2D eigenvalue weighted by atomic mass is 10.1. The van der Waals surface area contributed by atoms with Gasteiger partial charge in [0.25, 0.3) is 0 Å². The zero-order chi connectivity index (χ0) is 19.2. The SMILES string of the molecule is COc1ccc(CN2CCN(Cc3cccc(C)n3)C[C@H]2CCO)c(F)c1. The second-order valence-electron chi connectivity index (χ2n) is 7.10. The fraction of sp³-hybridized carbons (Fsp3) is 0.476. The summed E-state index contributed by atoms with van der Waals surface area (Å²) < 4.78 is 19.4. The number of aryl methyl sites for hydroxylation is 1. The van der Waals surface area contributed by atoms with E-state index in [2.05, 4.69) is 14.8 Å². The lowest BCUT2D eigenvalue weighted by Crippen LogP contribution is -2.52. The molecule has 0 unspecified atom stereocenters. The number of aliphatic hydroxyl groups excluding tert-OH is 1. The van der Waals surface area contributed by atoms with Crippen molar-refractivity contribution in [2.75, 3.05) is 33.4 Å². The predicted octanol–water partition coefficient (Wildman–Crippen LogP) is 2.61. The summed E-state index contributed by atoms with van der Waals surface area (Å²) >= 11 is 0. The molecule has 0 amide bonds. The molecule has 1 aliphatic heterocycles. The minimum absolute atomic E-state index is 0.128. The summed E-state index contributed by atoms with van der Waals surface area (Å²) in [6, 6.07) is 11.3. The highest BCUT2D eigenvalue weighted by Crippen LogP contribution is 2.22. The Labute approximate surface area is 160 Å². The van der Waals surface area contributed by atoms with Gasteiger partial charge in [0.1, 0.15) is 11.6 Å².